The van der Waals surface area contributed by atoms with Crippen LogP contribution in [0.4, 0.5) is 17.1 Å². The second-order valence-electron chi connectivity index (χ2n) is 6.41. The molecule has 0 saturated carbocycles. The van der Waals surface area contributed by atoms with Crippen molar-refractivity contribution in [2.75, 3.05) is 10.6 Å². The van der Waals surface area contributed by atoms with Crippen molar-refractivity contribution in [2.45, 2.75) is 25.5 Å². The highest BCUT2D eigenvalue weighted by molar-refractivity contribution is 5.79. The zero-order chi connectivity index (χ0) is 18.0. The van der Waals surface area contributed by atoms with Crippen molar-refractivity contribution in [2.24, 2.45) is 0 Å². The van der Waals surface area contributed by atoms with Gasteiger partial charge in [-0.2, -0.15) is 0 Å². The normalized spacial score (nSPS) is 12.8. The molecule has 1 heterocycles. The van der Waals surface area contributed by atoms with Gasteiger partial charge in [0.1, 0.15) is 11.4 Å². The molecule has 25 heavy (non-hydrogen) atoms. The highest BCUT2D eigenvalue weighted by Crippen LogP contribution is 2.31. The van der Waals surface area contributed by atoms with Gasteiger partial charge in [0, 0.05) is 18.1 Å². The molecule has 1 aromatic heterocycles. The van der Waals surface area contributed by atoms with E-state index in [1.807, 2.05) is 30.3 Å². The SMILES string of the molecule is CC(C)(O)[C@@H](Nc1c(Nc2ccncc2)c(=O)c1=O)c1ccccc1. The molecule has 0 aliphatic rings. The van der Waals surface area contributed by atoms with Crippen LogP contribution in [0.1, 0.15) is 25.5 Å². The molecule has 1 atom stereocenters. The quantitative estimate of drug-likeness (QED) is 0.598. The molecule has 0 amide bonds. The predicted molar refractivity (Wildman–Crippen MR) is 98.0 cm³/mol. The molecule has 0 unspecified atom stereocenters. The molecule has 6 heteroatoms. The number of hydrogen-bond donors (Lipinski definition) is 3. The Morgan fingerprint density at radius 1 is 0.960 bits per heavy atom. The summed E-state index contributed by atoms with van der Waals surface area (Å²) in [4.78, 5) is 27.9. The first-order valence-electron chi connectivity index (χ1n) is 7.92. The van der Waals surface area contributed by atoms with E-state index in [9.17, 15) is 14.7 Å². The standard InChI is InChI=1S/C19H19N3O3/c1-19(2,25)18(12-6-4-3-5-7-12)22-15-14(16(23)17(15)24)21-13-8-10-20-11-9-13/h3-11,18,22,25H,1-2H3,(H,20,21)/t18-/m0/s1. The Hall–Kier alpha value is -2.99. The van der Waals surface area contributed by atoms with Crippen molar-refractivity contribution in [3.8, 4) is 0 Å². The van der Waals surface area contributed by atoms with Crippen LogP contribution in [-0.4, -0.2) is 15.7 Å². The van der Waals surface area contributed by atoms with Crippen LogP contribution in [0.5, 0.6) is 0 Å². The number of benzene rings is 1. The van der Waals surface area contributed by atoms with Crippen LogP contribution >= 0.6 is 0 Å². The molecule has 0 saturated heterocycles. The maximum atomic E-state index is 12.1. The zero-order valence-corrected chi connectivity index (χ0v) is 14.0. The van der Waals surface area contributed by atoms with Crippen molar-refractivity contribution >= 4 is 17.1 Å². The summed E-state index contributed by atoms with van der Waals surface area (Å²) >= 11 is 0. The molecule has 0 bridgehead atoms. The van der Waals surface area contributed by atoms with Crippen LogP contribution < -0.4 is 21.5 Å². The van der Waals surface area contributed by atoms with Crippen LogP contribution in [0, 0.1) is 0 Å². The Bertz CT molecular complexity index is 924. The van der Waals surface area contributed by atoms with E-state index < -0.39 is 22.5 Å². The molecule has 2 aromatic carbocycles. The van der Waals surface area contributed by atoms with Crippen LogP contribution in [0.25, 0.3) is 0 Å². The first-order valence-corrected chi connectivity index (χ1v) is 7.92. The molecule has 0 spiro atoms. The lowest BCUT2D eigenvalue weighted by Gasteiger charge is -2.32. The summed E-state index contributed by atoms with van der Waals surface area (Å²) in [5, 5.41) is 16.5. The molecule has 3 aromatic rings. The van der Waals surface area contributed by atoms with Crippen molar-refractivity contribution in [3.63, 3.8) is 0 Å². The summed E-state index contributed by atoms with van der Waals surface area (Å²) in [5.74, 6) is 0. The van der Waals surface area contributed by atoms with E-state index in [0.717, 1.165) is 5.56 Å². The van der Waals surface area contributed by atoms with Crippen LogP contribution in [0.15, 0.2) is 64.4 Å². The molecule has 0 aliphatic carbocycles. The summed E-state index contributed by atoms with van der Waals surface area (Å²) in [6, 6.07) is 12.2. The topological polar surface area (TPSA) is 91.3 Å². The fourth-order valence-corrected chi connectivity index (χ4v) is 2.69. The second-order valence-corrected chi connectivity index (χ2v) is 6.41. The fraction of sp³-hybridized carbons (Fsp3) is 0.211. The fourth-order valence-electron chi connectivity index (χ4n) is 2.69. The Labute approximate surface area is 144 Å². The van der Waals surface area contributed by atoms with Crippen LogP contribution in [-0.2, 0) is 0 Å². The Balaban J connectivity index is 1.93. The van der Waals surface area contributed by atoms with Gasteiger partial charge in [0.25, 0.3) is 10.9 Å². The van der Waals surface area contributed by atoms with E-state index in [2.05, 4.69) is 15.6 Å². The van der Waals surface area contributed by atoms with E-state index in [4.69, 9.17) is 0 Å². The first-order chi connectivity index (χ1) is 11.9. The molecule has 128 valence electrons. The van der Waals surface area contributed by atoms with Crippen LogP contribution in [0.3, 0.4) is 0 Å². The second kappa shape index (κ2) is 6.49. The first kappa shape index (κ1) is 16.9. The van der Waals surface area contributed by atoms with E-state index in [-0.39, 0.29) is 11.4 Å². The van der Waals surface area contributed by atoms with Gasteiger partial charge in [-0.15, -0.1) is 0 Å². The third-order valence-corrected chi connectivity index (χ3v) is 3.99. The summed E-state index contributed by atoms with van der Waals surface area (Å²) in [7, 11) is 0. The van der Waals surface area contributed by atoms with Gasteiger partial charge in [0.05, 0.1) is 11.6 Å². The average molecular weight is 337 g/mol. The van der Waals surface area contributed by atoms with Gasteiger partial charge in [-0.1, -0.05) is 30.3 Å². The summed E-state index contributed by atoms with van der Waals surface area (Å²) in [5.41, 5.74) is -0.472. The van der Waals surface area contributed by atoms with E-state index >= 15 is 0 Å². The zero-order valence-electron chi connectivity index (χ0n) is 14.0. The lowest BCUT2D eigenvalue weighted by atomic mass is 9.91. The number of pyridine rings is 1. The molecule has 3 N–H and O–H groups in total. The molecule has 3 rings (SSSR count). The molecule has 0 fully saturated rings. The Morgan fingerprint density at radius 2 is 1.56 bits per heavy atom. The highest BCUT2D eigenvalue weighted by Gasteiger charge is 2.32. The van der Waals surface area contributed by atoms with Crippen molar-refractivity contribution in [1.29, 1.82) is 0 Å². The minimum absolute atomic E-state index is 0.179. The smallest absolute Gasteiger partial charge is 0.253 e. The predicted octanol–water partition coefficient (Wildman–Crippen LogP) is 2.35. The minimum atomic E-state index is -1.14. The van der Waals surface area contributed by atoms with E-state index in [1.165, 1.54) is 0 Å². The number of nitrogens with zero attached hydrogens (tertiary/aromatic N) is 1. The van der Waals surface area contributed by atoms with E-state index in [1.54, 1.807) is 38.4 Å². The molecular formula is C19H19N3O3. The maximum Gasteiger partial charge on any atom is 0.253 e. The van der Waals surface area contributed by atoms with Gasteiger partial charge in [0.15, 0.2) is 0 Å². The Kier molecular flexibility index (Phi) is 4.37. The van der Waals surface area contributed by atoms with Gasteiger partial charge in [0.2, 0.25) is 0 Å². The third-order valence-electron chi connectivity index (χ3n) is 3.99. The largest absolute Gasteiger partial charge is 0.388 e. The van der Waals surface area contributed by atoms with Gasteiger partial charge in [-0.25, -0.2) is 0 Å². The molecule has 0 aliphatic heterocycles. The van der Waals surface area contributed by atoms with Crippen molar-refractivity contribution < 1.29 is 5.11 Å². The average Bonchev–Trinajstić information content (AvgIpc) is 2.61. The Morgan fingerprint density at radius 3 is 2.16 bits per heavy atom. The number of nitrogens with one attached hydrogen (secondary N) is 2. The lowest BCUT2D eigenvalue weighted by Crippen LogP contribution is -2.42. The third kappa shape index (κ3) is 3.44. The van der Waals surface area contributed by atoms with Crippen molar-refractivity contribution in [1.82, 2.24) is 4.98 Å². The monoisotopic (exact) mass is 337 g/mol. The molecule has 0 radical (unpaired) electrons. The maximum absolute atomic E-state index is 12.1. The van der Waals surface area contributed by atoms with E-state index in [0.29, 0.717) is 5.69 Å². The van der Waals surface area contributed by atoms with Crippen LogP contribution in [0.2, 0.25) is 0 Å². The number of rotatable bonds is 6. The highest BCUT2D eigenvalue weighted by atomic mass is 16.3. The number of aromatic nitrogens is 1. The van der Waals surface area contributed by atoms with Gasteiger partial charge < -0.3 is 15.7 Å². The summed E-state index contributed by atoms with van der Waals surface area (Å²) < 4.78 is 0. The molecule has 6 nitrogen and oxygen atoms in total. The number of anilines is 3. The van der Waals surface area contributed by atoms with Gasteiger partial charge in [-0.05, 0) is 31.5 Å². The van der Waals surface area contributed by atoms with Gasteiger partial charge in [-0.3, -0.25) is 14.6 Å². The lowest BCUT2D eigenvalue weighted by molar-refractivity contribution is 0.0589. The summed E-state index contributed by atoms with van der Waals surface area (Å²) in [6.45, 7) is 3.30. The molecular weight excluding hydrogens is 318 g/mol. The minimum Gasteiger partial charge on any atom is -0.388 e. The number of hydrogen-bond acceptors (Lipinski definition) is 6. The van der Waals surface area contributed by atoms with Gasteiger partial charge >= 0.3 is 0 Å². The number of aliphatic hydroxyl groups is 1. The summed E-state index contributed by atoms with van der Waals surface area (Å²) in [6.07, 6.45) is 3.18. The van der Waals surface area contributed by atoms with Crippen molar-refractivity contribution in [3.05, 3.63) is 80.9 Å².